The molecule has 0 saturated heterocycles. The molecule has 4 rings (SSSR count). The smallest absolute Gasteiger partial charge is 0.344 e. The lowest BCUT2D eigenvalue weighted by Crippen LogP contribution is -2.34. The Kier molecular flexibility index (Phi) is 6.28. The Hall–Kier alpha value is -3.19. The molecular weight excluding hydrogens is 467 g/mol. The van der Waals surface area contributed by atoms with E-state index in [1.54, 1.807) is 24.3 Å². The first-order chi connectivity index (χ1) is 15.3. The summed E-state index contributed by atoms with van der Waals surface area (Å²) in [6, 6.07) is 19.1. The van der Waals surface area contributed by atoms with Crippen molar-refractivity contribution in [1.82, 2.24) is 5.32 Å². The largest absolute Gasteiger partial charge is 0.422 e. The number of amides is 1. The summed E-state index contributed by atoms with van der Waals surface area (Å²) in [7, 11) is 0. The van der Waals surface area contributed by atoms with Gasteiger partial charge in [0.1, 0.15) is 5.58 Å². The van der Waals surface area contributed by atoms with Gasteiger partial charge in [-0.25, -0.2) is 4.79 Å². The molecule has 1 aromatic heterocycles. The molecule has 0 atom stereocenters. The molecule has 8 heteroatoms. The molecule has 5 nitrogen and oxygen atoms in total. The van der Waals surface area contributed by atoms with Crippen LogP contribution in [0.4, 0.5) is 5.69 Å². The van der Waals surface area contributed by atoms with Crippen molar-refractivity contribution in [2.24, 2.45) is 0 Å². The van der Waals surface area contributed by atoms with E-state index in [1.165, 1.54) is 12.1 Å². The van der Waals surface area contributed by atoms with Gasteiger partial charge in [0.25, 0.3) is 5.91 Å². The van der Waals surface area contributed by atoms with E-state index >= 15 is 0 Å². The minimum Gasteiger partial charge on any atom is -0.422 e. The molecule has 1 amide bonds. The van der Waals surface area contributed by atoms with Crippen LogP contribution in [-0.4, -0.2) is 11.0 Å². The van der Waals surface area contributed by atoms with Crippen LogP contribution in [0.2, 0.25) is 10.0 Å². The second kappa shape index (κ2) is 9.12. The third-order valence-corrected chi connectivity index (χ3v) is 5.59. The number of rotatable bonds is 3. The first-order valence-electron chi connectivity index (χ1n) is 9.53. The van der Waals surface area contributed by atoms with Gasteiger partial charge in [-0.15, -0.1) is 0 Å². The topological polar surface area (TPSA) is 71.3 Å². The molecule has 4 aromatic rings. The van der Waals surface area contributed by atoms with Crippen molar-refractivity contribution < 1.29 is 9.21 Å². The first kappa shape index (κ1) is 22.0. The summed E-state index contributed by atoms with van der Waals surface area (Å²) in [5.41, 5.74) is 2.94. The summed E-state index contributed by atoms with van der Waals surface area (Å²) in [6.07, 6.45) is 0. The summed E-state index contributed by atoms with van der Waals surface area (Å²) in [4.78, 5) is 25.0. The van der Waals surface area contributed by atoms with Crippen LogP contribution in [0, 0.1) is 6.92 Å². The van der Waals surface area contributed by atoms with E-state index in [1.807, 2.05) is 37.3 Å². The van der Waals surface area contributed by atoms with Gasteiger partial charge in [0.05, 0.1) is 16.1 Å². The van der Waals surface area contributed by atoms with E-state index in [2.05, 4.69) is 10.6 Å². The minimum atomic E-state index is -0.465. The maximum Gasteiger partial charge on any atom is 0.344 e. The molecule has 3 aromatic carbocycles. The molecule has 0 radical (unpaired) electrons. The molecule has 0 bridgehead atoms. The number of hydrogen-bond donors (Lipinski definition) is 2. The number of halogens is 2. The van der Waals surface area contributed by atoms with Crippen LogP contribution in [0.1, 0.15) is 15.9 Å². The lowest BCUT2D eigenvalue weighted by molar-refractivity contribution is 0.0978. The molecule has 0 aliphatic carbocycles. The lowest BCUT2D eigenvalue weighted by Gasteiger charge is -2.14. The van der Waals surface area contributed by atoms with Crippen LogP contribution in [0.5, 0.6) is 0 Å². The van der Waals surface area contributed by atoms with Gasteiger partial charge in [-0.2, -0.15) is 0 Å². The lowest BCUT2D eigenvalue weighted by atomic mass is 10.0. The Bertz CT molecular complexity index is 1430. The Morgan fingerprint density at radius 1 is 1.00 bits per heavy atom. The molecule has 32 heavy (non-hydrogen) atoms. The maximum absolute atomic E-state index is 12.5. The summed E-state index contributed by atoms with van der Waals surface area (Å²) in [5, 5.41) is 7.17. The number of thiocarbonyl (C=S) groups is 1. The number of aryl methyl sites for hydroxylation is 1. The molecule has 0 fully saturated rings. The molecule has 1 heterocycles. The van der Waals surface area contributed by atoms with Gasteiger partial charge in [-0.1, -0.05) is 53.5 Å². The van der Waals surface area contributed by atoms with E-state index in [0.717, 1.165) is 10.9 Å². The molecule has 160 valence electrons. The zero-order valence-corrected chi connectivity index (χ0v) is 19.1. The van der Waals surface area contributed by atoms with Gasteiger partial charge in [0.2, 0.25) is 0 Å². The molecule has 0 aliphatic heterocycles. The summed E-state index contributed by atoms with van der Waals surface area (Å²) in [5.74, 6) is -0.465. The summed E-state index contributed by atoms with van der Waals surface area (Å²) >= 11 is 17.3. The van der Waals surface area contributed by atoms with Crippen molar-refractivity contribution in [2.75, 3.05) is 5.32 Å². The first-order valence-corrected chi connectivity index (χ1v) is 10.7. The molecular formula is C24H16Cl2N2O3S. The van der Waals surface area contributed by atoms with Crippen LogP contribution in [0.25, 0.3) is 22.1 Å². The van der Waals surface area contributed by atoms with Crippen molar-refractivity contribution in [3.63, 3.8) is 0 Å². The number of anilines is 1. The van der Waals surface area contributed by atoms with Crippen LogP contribution in [0.15, 0.2) is 75.9 Å². The third-order valence-electron chi connectivity index (χ3n) is 4.84. The zero-order valence-electron chi connectivity index (χ0n) is 16.7. The molecule has 0 spiro atoms. The van der Waals surface area contributed by atoms with Crippen LogP contribution in [0.3, 0.4) is 0 Å². The van der Waals surface area contributed by atoms with Crippen LogP contribution < -0.4 is 16.3 Å². The Labute approximate surface area is 199 Å². The number of carbonyl (C=O) groups is 1. The predicted molar refractivity (Wildman–Crippen MR) is 133 cm³/mol. The number of hydrogen-bond acceptors (Lipinski definition) is 4. The number of para-hydroxylation sites is 1. The van der Waals surface area contributed by atoms with Crippen molar-refractivity contribution >= 4 is 63.1 Å². The normalized spacial score (nSPS) is 10.7. The van der Waals surface area contributed by atoms with Gasteiger partial charge in [-0.3, -0.25) is 10.1 Å². The quantitative estimate of drug-likeness (QED) is 0.268. The molecule has 2 N–H and O–H groups in total. The van der Waals surface area contributed by atoms with E-state index in [-0.39, 0.29) is 15.7 Å². The standard InChI is InChI=1S/C24H16Cl2N2O3S/c1-13-6-7-14(18-10-15-4-2-3-5-21(15)31-23(18)30)11-20(13)27-24(32)28-22(29)17-9-8-16(25)12-19(17)26/h2-12H,1H3,(H2,27,28,29,32). The highest BCUT2D eigenvalue weighted by Crippen LogP contribution is 2.26. The maximum atomic E-state index is 12.5. The van der Waals surface area contributed by atoms with Gasteiger partial charge in [0, 0.05) is 16.1 Å². The zero-order chi connectivity index (χ0) is 22.8. The number of benzene rings is 3. The molecule has 0 unspecified atom stereocenters. The third kappa shape index (κ3) is 4.67. The molecule has 0 saturated carbocycles. The SMILES string of the molecule is Cc1ccc(-c2cc3ccccc3oc2=O)cc1NC(=S)NC(=O)c1ccc(Cl)cc1Cl. The second-order valence-electron chi connectivity index (χ2n) is 7.05. The van der Waals surface area contributed by atoms with Gasteiger partial charge in [0.15, 0.2) is 5.11 Å². The highest BCUT2D eigenvalue weighted by atomic mass is 35.5. The monoisotopic (exact) mass is 482 g/mol. The fourth-order valence-electron chi connectivity index (χ4n) is 3.19. The van der Waals surface area contributed by atoms with Gasteiger partial charge >= 0.3 is 5.63 Å². The minimum absolute atomic E-state index is 0.0896. The van der Waals surface area contributed by atoms with Gasteiger partial charge < -0.3 is 9.73 Å². The number of nitrogens with one attached hydrogen (secondary N) is 2. The van der Waals surface area contributed by atoms with E-state index in [4.69, 9.17) is 39.8 Å². The van der Waals surface area contributed by atoms with Crippen molar-refractivity contribution in [1.29, 1.82) is 0 Å². The fourth-order valence-corrected chi connectivity index (χ4v) is 3.88. The van der Waals surface area contributed by atoms with E-state index < -0.39 is 11.5 Å². The van der Waals surface area contributed by atoms with E-state index in [9.17, 15) is 9.59 Å². The Balaban J connectivity index is 1.58. The van der Waals surface area contributed by atoms with Crippen molar-refractivity contribution in [3.8, 4) is 11.1 Å². The summed E-state index contributed by atoms with van der Waals surface area (Å²) < 4.78 is 5.44. The fraction of sp³-hybridized carbons (Fsp3) is 0.0417. The molecule has 0 aliphatic rings. The number of fused-ring (bicyclic) bond motifs is 1. The highest BCUT2D eigenvalue weighted by molar-refractivity contribution is 7.80. The predicted octanol–water partition coefficient (Wildman–Crippen LogP) is 6.20. The Morgan fingerprint density at radius 2 is 1.78 bits per heavy atom. The highest BCUT2D eigenvalue weighted by Gasteiger charge is 2.14. The van der Waals surface area contributed by atoms with Crippen molar-refractivity contribution in [2.45, 2.75) is 6.92 Å². The average molecular weight is 483 g/mol. The van der Waals surface area contributed by atoms with E-state index in [0.29, 0.717) is 27.4 Å². The van der Waals surface area contributed by atoms with Gasteiger partial charge in [-0.05, 0) is 66.7 Å². The summed E-state index contributed by atoms with van der Waals surface area (Å²) in [6.45, 7) is 1.88. The average Bonchev–Trinajstić information content (AvgIpc) is 2.74. The second-order valence-corrected chi connectivity index (χ2v) is 8.30. The van der Waals surface area contributed by atoms with Crippen LogP contribution >= 0.6 is 35.4 Å². The van der Waals surface area contributed by atoms with Crippen LogP contribution in [-0.2, 0) is 0 Å². The van der Waals surface area contributed by atoms with Crippen molar-refractivity contribution in [3.05, 3.63) is 98.3 Å². The Morgan fingerprint density at radius 3 is 2.56 bits per heavy atom. The number of carbonyl (C=O) groups excluding carboxylic acids is 1.